The summed E-state index contributed by atoms with van der Waals surface area (Å²) in [6.45, 7) is 9.66. The number of fused-ring (bicyclic) bond motifs is 1. The average molecular weight is 392 g/mol. The second kappa shape index (κ2) is 9.28. The molecule has 156 valence electrons. The van der Waals surface area contributed by atoms with Crippen molar-refractivity contribution < 1.29 is 23.8 Å². The topological polar surface area (TPSA) is 68.3 Å². The first kappa shape index (κ1) is 22.0. The number of hydrogen-bond donors (Lipinski definition) is 0. The first-order chi connectivity index (χ1) is 13.3. The van der Waals surface area contributed by atoms with Crippen LogP contribution in [0.1, 0.15) is 50.8 Å². The maximum absolute atomic E-state index is 12.5. The predicted octanol–water partition coefficient (Wildman–Crippen LogP) is 3.51. The van der Waals surface area contributed by atoms with Crippen LogP contribution in [-0.4, -0.2) is 50.4 Å². The lowest BCUT2D eigenvalue weighted by atomic mass is 9.98. The van der Waals surface area contributed by atoms with Gasteiger partial charge in [-0.15, -0.1) is 0 Å². The number of methoxy groups -OCH3 is 2. The molecular weight excluding hydrogens is 360 g/mol. The van der Waals surface area contributed by atoms with E-state index in [1.54, 1.807) is 24.0 Å². The lowest BCUT2D eigenvalue weighted by Crippen LogP contribution is -2.33. The second-order valence-corrected chi connectivity index (χ2v) is 7.88. The van der Waals surface area contributed by atoms with Crippen molar-refractivity contribution in [2.45, 2.75) is 59.2 Å². The molecule has 0 fully saturated rings. The van der Waals surface area contributed by atoms with Crippen LogP contribution in [0.15, 0.2) is 6.07 Å². The predicted molar refractivity (Wildman–Crippen MR) is 108 cm³/mol. The first-order valence-electron chi connectivity index (χ1n) is 9.66. The van der Waals surface area contributed by atoms with Crippen molar-refractivity contribution in [2.75, 3.05) is 32.3 Å². The Hall–Kier alpha value is -2.28. The molecule has 0 saturated heterocycles. The van der Waals surface area contributed by atoms with Gasteiger partial charge in [0.2, 0.25) is 6.41 Å². The molecule has 7 heteroatoms. The van der Waals surface area contributed by atoms with Gasteiger partial charge >= 0.3 is 6.09 Å². The summed E-state index contributed by atoms with van der Waals surface area (Å²) < 4.78 is 16.3. The summed E-state index contributed by atoms with van der Waals surface area (Å²) >= 11 is 0. The zero-order chi connectivity index (χ0) is 20.9. The number of carbonyl (C=O) groups is 2. The van der Waals surface area contributed by atoms with Crippen molar-refractivity contribution in [1.29, 1.82) is 0 Å². The molecule has 2 rings (SSSR count). The van der Waals surface area contributed by atoms with Crippen LogP contribution >= 0.6 is 0 Å². The van der Waals surface area contributed by atoms with Crippen molar-refractivity contribution in [3.63, 3.8) is 0 Å². The first-order valence-corrected chi connectivity index (χ1v) is 9.66. The van der Waals surface area contributed by atoms with Gasteiger partial charge in [-0.05, 0) is 50.8 Å². The summed E-state index contributed by atoms with van der Waals surface area (Å²) in [7, 11) is 3.25. The van der Waals surface area contributed by atoms with Crippen LogP contribution in [0.5, 0.6) is 5.75 Å². The van der Waals surface area contributed by atoms with Gasteiger partial charge in [-0.1, -0.05) is 6.92 Å². The number of anilines is 1. The Kier molecular flexibility index (Phi) is 7.29. The Balaban J connectivity index is 2.37. The minimum atomic E-state index is -0.544. The van der Waals surface area contributed by atoms with Gasteiger partial charge < -0.3 is 19.1 Å². The summed E-state index contributed by atoms with van der Waals surface area (Å²) in [5.74, 6) is 0.691. The van der Waals surface area contributed by atoms with Gasteiger partial charge in [-0.3, -0.25) is 9.69 Å². The van der Waals surface area contributed by atoms with Gasteiger partial charge in [0.1, 0.15) is 11.4 Å². The van der Waals surface area contributed by atoms with E-state index in [1.165, 1.54) is 0 Å². The van der Waals surface area contributed by atoms with Crippen molar-refractivity contribution in [3.8, 4) is 5.75 Å². The smallest absolute Gasteiger partial charge is 0.410 e. The van der Waals surface area contributed by atoms with Crippen LogP contribution in [0.3, 0.4) is 0 Å². The van der Waals surface area contributed by atoms with E-state index >= 15 is 0 Å². The summed E-state index contributed by atoms with van der Waals surface area (Å²) in [6.07, 6.45) is 1.95. The summed E-state index contributed by atoms with van der Waals surface area (Å²) in [6, 6.07) is 1.96. The molecule has 1 aromatic rings. The minimum absolute atomic E-state index is 0.335. The number of hydrogen-bond acceptors (Lipinski definition) is 5. The Morgan fingerprint density at radius 1 is 1.29 bits per heavy atom. The van der Waals surface area contributed by atoms with E-state index in [0.29, 0.717) is 32.0 Å². The molecule has 1 aliphatic rings. The molecule has 1 aliphatic heterocycles. The largest absolute Gasteiger partial charge is 0.494 e. The molecule has 0 N–H and O–H groups in total. The molecule has 0 aliphatic carbocycles. The van der Waals surface area contributed by atoms with Crippen molar-refractivity contribution in [1.82, 2.24) is 4.90 Å². The zero-order valence-corrected chi connectivity index (χ0v) is 17.8. The molecule has 0 aromatic heterocycles. The second-order valence-electron chi connectivity index (χ2n) is 7.88. The van der Waals surface area contributed by atoms with Crippen molar-refractivity contribution in [2.24, 2.45) is 0 Å². The van der Waals surface area contributed by atoms with E-state index in [9.17, 15) is 9.59 Å². The standard InChI is InChI=1S/C21H32N2O5/c1-7-16-17-13-23(20(25)28-21(2,3)4)12-15(17)11-18(19(16)27-6)22(14-24)9-8-10-26-5/h11,14H,7-10,12-13H2,1-6H3. The SMILES string of the molecule is CCc1c2c(cc(N(C=O)CCCOC)c1OC)CN(C(=O)OC(C)(C)C)C2. The number of benzene rings is 1. The fraction of sp³-hybridized carbons (Fsp3) is 0.619. The maximum atomic E-state index is 12.5. The fourth-order valence-corrected chi connectivity index (χ4v) is 3.47. The van der Waals surface area contributed by atoms with Crippen molar-refractivity contribution >= 4 is 18.2 Å². The van der Waals surface area contributed by atoms with Crippen LogP contribution in [0, 0.1) is 0 Å². The van der Waals surface area contributed by atoms with Crippen molar-refractivity contribution in [3.05, 3.63) is 22.8 Å². The minimum Gasteiger partial charge on any atom is -0.494 e. The number of rotatable bonds is 8. The molecule has 0 unspecified atom stereocenters. The van der Waals surface area contributed by atoms with Gasteiger partial charge in [-0.2, -0.15) is 0 Å². The fourth-order valence-electron chi connectivity index (χ4n) is 3.47. The van der Waals surface area contributed by atoms with Crippen LogP contribution in [-0.2, 0) is 33.8 Å². The Labute approximate surface area is 167 Å². The van der Waals surface area contributed by atoms with Crippen LogP contribution < -0.4 is 9.64 Å². The lowest BCUT2D eigenvalue weighted by molar-refractivity contribution is -0.107. The van der Waals surface area contributed by atoms with E-state index in [4.69, 9.17) is 14.2 Å². The number of carbonyl (C=O) groups excluding carboxylic acids is 2. The molecule has 1 aromatic carbocycles. The third-order valence-electron chi connectivity index (χ3n) is 4.67. The highest BCUT2D eigenvalue weighted by Gasteiger charge is 2.32. The highest BCUT2D eigenvalue weighted by atomic mass is 16.6. The number of nitrogens with zero attached hydrogens (tertiary/aromatic N) is 2. The van der Waals surface area contributed by atoms with E-state index in [1.807, 2.05) is 33.8 Å². The monoisotopic (exact) mass is 392 g/mol. The van der Waals surface area contributed by atoms with Crippen LogP contribution in [0.2, 0.25) is 0 Å². The van der Waals surface area contributed by atoms with Gasteiger partial charge in [0.15, 0.2) is 0 Å². The summed E-state index contributed by atoms with van der Waals surface area (Å²) in [4.78, 5) is 27.6. The summed E-state index contributed by atoms with van der Waals surface area (Å²) in [5, 5.41) is 0. The highest BCUT2D eigenvalue weighted by Crippen LogP contribution is 2.40. The van der Waals surface area contributed by atoms with Gasteiger partial charge in [0.05, 0.1) is 19.3 Å². The van der Waals surface area contributed by atoms with Crippen LogP contribution in [0.25, 0.3) is 0 Å². The molecule has 0 atom stereocenters. The Morgan fingerprint density at radius 2 is 2.00 bits per heavy atom. The molecule has 0 spiro atoms. The lowest BCUT2D eigenvalue weighted by Gasteiger charge is -2.24. The summed E-state index contributed by atoms with van der Waals surface area (Å²) in [5.41, 5.74) is 3.32. The molecule has 0 bridgehead atoms. The van der Waals surface area contributed by atoms with Gasteiger partial charge in [0.25, 0.3) is 0 Å². The molecule has 28 heavy (non-hydrogen) atoms. The normalized spacial score (nSPS) is 13.3. The molecule has 0 radical (unpaired) electrons. The molecule has 2 amide bonds. The zero-order valence-electron chi connectivity index (χ0n) is 17.8. The highest BCUT2D eigenvalue weighted by molar-refractivity contribution is 5.81. The molecule has 0 saturated carbocycles. The number of amides is 2. The third-order valence-corrected chi connectivity index (χ3v) is 4.67. The van der Waals surface area contributed by atoms with Gasteiger partial charge in [-0.25, -0.2) is 4.79 Å². The van der Waals surface area contributed by atoms with E-state index in [0.717, 1.165) is 41.6 Å². The van der Waals surface area contributed by atoms with E-state index in [-0.39, 0.29) is 6.09 Å². The average Bonchev–Trinajstić information content (AvgIpc) is 3.06. The van der Waals surface area contributed by atoms with E-state index < -0.39 is 5.60 Å². The number of ether oxygens (including phenoxy) is 3. The molecular formula is C21H32N2O5. The van der Waals surface area contributed by atoms with E-state index in [2.05, 4.69) is 0 Å². The third kappa shape index (κ3) is 4.95. The molecule has 1 heterocycles. The molecule has 7 nitrogen and oxygen atoms in total. The maximum Gasteiger partial charge on any atom is 0.410 e. The van der Waals surface area contributed by atoms with Gasteiger partial charge in [0, 0.05) is 32.4 Å². The Morgan fingerprint density at radius 3 is 2.54 bits per heavy atom. The Bertz CT molecular complexity index is 712. The quantitative estimate of drug-likeness (QED) is 0.500. The van der Waals surface area contributed by atoms with Crippen LogP contribution in [0.4, 0.5) is 10.5 Å².